The Kier molecular flexibility index (Phi) is 5.91. The molecule has 2 aromatic carbocycles. The highest BCUT2D eigenvalue weighted by molar-refractivity contribution is 9.10. The van der Waals surface area contributed by atoms with Crippen molar-refractivity contribution in [2.24, 2.45) is 0 Å². The monoisotopic (exact) mass is 540 g/mol. The number of ether oxygens (including phenoxy) is 2. The van der Waals surface area contributed by atoms with Crippen LogP contribution in [0.15, 0.2) is 55.5 Å². The van der Waals surface area contributed by atoms with Crippen molar-refractivity contribution in [3.05, 3.63) is 79.1 Å². The number of aromatic nitrogens is 1. The van der Waals surface area contributed by atoms with Gasteiger partial charge in [-0.25, -0.2) is 4.98 Å². The molecule has 0 aliphatic carbocycles. The minimum absolute atomic E-state index is 0.0305. The molecule has 1 aliphatic heterocycles. The number of thiazole rings is 1. The fourth-order valence-electron chi connectivity index (χ4n) is 4.10. The van der Waals surface area contributed by atoms with Gasteiger partial charge >= 0.3 is 0 Å². The van der Waals surface area contributed by atoms with E-state index in [0.717, 1.165) is 16.6 Å². The van der Waals surface area contributed by atoms with Crippen LogP contribution in [0, 0.1) is 6.92 Å². The van der Waals surface area contributed by atoms with Crippen molar-refractivity contribution < 1.29 is 18.7 Å². The van der Waals surface area contributed by atoms with Gasteiger partial charge in [0.15, 0.2) is 22.1 Å². The lowest BCUT2D eigenvalue weighted by atomic mass is 9.98. The van der Waals surface area contributed by atoms with Gasteiger partial charge in [0.05, 0.1) is 36.4 Å². The molecule has 1 amide bonds. The van der Waals surface area contributed by atoms with Crippen molar-refractivity contribution in [1.29, 1.82) is 0 Å². The van der Waals surface area contributed by atoms with Gasteiger partial charge in [-0.3, -0.25) is 14.5 Å². The molecule has 0 N–H and O–H groups in total. The second-order valence-corrected chi connectivity index (χ2v) is 9.67. The molecule has 0 bridgehead atoms. The normalized spacial score (nSPS) is 15.1. The zero-order chi connectivity index (χ0) is 24.0. The Labute approximate surface area is 208 Å². The maximum absolute atomic E-state index is 13.7. The van der Waals surface area contributed by atoms with Crippen LogP contribution >= 0.6 is 27.3 Å². The van der Waals surface area contributed by atoms with Gasteiger partial charge in [-0.15, -0.1) is 11.3 Å². The molecule has 0 fully saturated rings. The molecule has 174 valence electrons. The van der Waals surface area contributed by atoms with E-state index in [9.17, 15) is 9.59 Å². The van der Waals surface area contributed by atoms with Crippen LogP contribution in [0.2, 0.25) is 0 Å². The summed E-state index contributed by atoms with van der Waals surface area (Å²) >= 11 is 4.76. The van der Waals surface area contributed by atoms with Gasteiger partial charge in [0.2, 0.25) is 5.76 Å². The largest absolute Gasteiger partial charge is 0.493 e. The predicted octanol–water partition coefficient (Wildman–Crippen LogP) is 5.87. The molecular formula is C25H21BrN2O5S. The maximum Gasteiger partial charge on any atom is 0.297 e. The summed E-state index contributed by atoms with van der Waals surface area (Å²) in [5, 5.41) is 2.76. The Morgan fingerprint density at radius 3 is 2.71 bits per heavy atom. The van der Waals surface area contributed by atoms with E-state index in [1.54, 1.807) is 37.4 Å². The summed E-state index contributed by atoms with van der Waals surface area (Å²) in [4.78, 5) is 33.4. The van der Waals surface area contributed by atoms with Gasteiger partial charge in [0, 0.05) is 9.85 Å². The number of halogens is 1. The standard InChI is InChI=1S/C25H21BrN2O5S/c1-4-9-32-18-7-5-14(10-19(18)31-3)21-20-22(29)16-11-15(26)6-8-17(16)33-23(20)24(30)28(21)25-27-13(2)12-34-25/h5-8,10-12,21H,4,9H2,1-3H3/t21-/m0/s1. The van der Waals surface area contributed by atoms with Crippen LogP contribution in [0.25, 0.3) is 11.0 Å². The smallest absolute Gasteiger partial charge is 0.297 e. The van der Waals surface area contributed by atoms with Gasteiger partial charge in [0.1, 0.15) is 5.58 Å². The molecule has 4 aromatic rings. The SMILES string of the molecule is CCCOc1ccc([C@H]2c3c(oc4ccc(Br)cc4c3=O)C(=O)N2c2nc(C)cs2)cc1OC. The van der Waals surface area contributed by atoms with Crippen LogP contribution in [0.4, 0.5) is 5.13 Å². The van der Waals surface area contributed by atoms with E-state index in [0.29, 0.717) is 39.8 Å². The van der Waals surface area contributed by atoms with Gasteiger partial charge in [-0.05, 0) is 49.2 Å². The average molecular weight is 541 g/mol. The Morgan fingerprint density at radius 1 is 1.18 bits per heavy atom. The van der Waals surface area contributed by atoms with E-state index >= 15 is 0 Å². The molecule has 0 spiro atoms. The Balaban J connectivity index is 1.75. The van der Waals surface area contributed by atoms with Crippen molar-refractivity contribution in [3.63, 3.8) is 0 Å². The number of carbonyl (C=O) groups is 1. The van der Waals surface area contributed by atoms with Crippen LogP contribution in [0.5, 0.6) is 11.5 Å². The topological polar surface area (TPSA) is 81.9 Å². The molecular weight excluding hydrogens is 520 g/mol. The third kappa shape index (κ3) is 3.69. The minimum atomic E-state index is -0.721. The lowest BCUT2D eigenvalue weighted by molar-refractivity contribution is 0.0971. The molecule has 5 rings (SSSR count). The molecule has 7 nitrogen and oxygen atoms in total. The van der Waals surface area contributed by atoms with Crippen LogP contribution in [-0.4, -0.2) is 24.6 Å². The first kappa shape index (κ1) is 22.6. The van der Waals surface area contributed by atoms with E-state index in [2.05, 4.69) is 20.9 Å². The average Bonchev–Trinajstić information content (AvgIpc) is 3.39. The minimum Gasteiger partial charge on any atom is -0.493 e. The zero-order valence-corrected chi connectivity index (χ0v) is 21.2. The fraction of sp³-hybridized carbons (Fsp3) is 0.240. The molecule has 0 saturated carbocycles. The molecule has 0 radical (unpaired) electrons. The summed E-state index contributed by atoms with van der Waals surface area (Å²) in [6.45, 7) is 4.44. The number of amides is 1. The van der Waals surface area contributed by atoms with Crippen LogP contribution < -0.4 is 19.8 Å². The summed E-state index contributed by atoms with van der Waals surface area (Å²) in [5.41, 5.74) is 1.88. The zero-order valence-electron chi connectivity index (χ0n) is 18.8. The van der Waals surface area contributed by atoms with Crippen molar-refractivity contribution in [2.45, 2.75) is 26.3 Å². The third-order valence-electron chi connectivity index (χ3n) is 5.61. The highest BCUT2D eigenvalue weighted by atomic mass is 79.9. The van der Waals surface area contributed by atoms with Gasteiger partial charge in [-0.1, -0.05) is 28.9 Å². The number of anilines is 1. The molecule has 1 atom stereocenters. The van der Waals surface area contributed by atoms with E-state index < -0.39 is 11.9 Å². The molecule has 3 heterocycles. The van der Waals surface area contributed by atoms with Crippen molar-refractivity contribution in [3.8, 4) is 11.5 Å². The highest BCUT2D eigenvalue weighted by Crippen LogP contribution is 2.44. The van der Waals surface area contributed by atoms with Crippen molar-refractivity contribution >= 4 is 49.3 Å². The van der Waals surface area contributed by atoms with Crippen molar-refractivity contribution in [1.82, 2.24) is 4.98 Å². The van der Waals surface area contributed by atoms with E-state index in [1.807, 2.05) is 25.3 Å². The maximum atomic E-state index is 13.7. The summed E-state index contributed by atoms with van der Waals surface area (Å²) in [6, 6.07) is 9.90. The lowest BCUT2D eigenvalue weighted by Crippen LogP contribution is -2.29. The van der Waals surface area contributed by atoms with Crippen LogP contribution in [0.3, 0.4) is 0 Å². The number of aryl methyl sites for hydroxylation is 1. The number of nitrogens with zero attached hydrogens (tertiary/aromatic N) is 2. The summed E-state index contributed by atoms with van der Waals surface area (Å²) < 4.78 is 18.1. The molecule has 0 saturated heterocycles. The number of hydrogen-bond donors (Lipinski definition) is 0. The Bertz CT molecular complexity index is 1480. The summed E-state index contributed by atoms with van der Waals surface area (Å²) in [7, 11) is 1.56. The number of rotatable bonds is 6. The van der Waals surface area contributed by atoms with Gasteiger partial charge in [0.25, 0.3) is 5.91 Å². The van der Waals surface area contributed by atoms with Crippen molar-refractivity contribution in [2.75, 3.05) is 18.6 Å². The number of fused-ring (bicyclic) bond motifs is 2. The van der Waals surface area contributed by atoms with E-state index in [4.69, 9.17) is 13.9 Å². The summed E-state index contributed by atoms with van der Waals surface area (Å²) in [5.74, 6) is 0.753. The molecule has 34 heavy (non-hydrogen) atoms. The molecule has 9 heteroatoms. The number of hydrogen-bond acceptors (Lipinski definition) is 7. The molecule has 0 unspecified atom stereocenters. The lowest BCUT2D eigenvalue weighted by Gasteiger charge is -2.23. The summed E-state index contributed by atoms with van der Waals surface area (Å²) in [6.07, 6.45) is 0.857. The fourth-order valence-corrected chi connectivity index (χ4v) is 5.28. The number of carbonyl (C=O) groups excluding carboxylic acids is 1. The first-order valence-corrected chi connectivity index (χ1v) is 12.4. The van der Waals surface area contributed by atoms with Crippen LogP contribution in [-0.2, 0) is 0 Å². The molecule has 2 aromatic heterocycles. The first-order chi connectivity index (χ1) is 16.4. The quantitative estimate of drug-likeness (QED) is 0.304. The Hall–Kier alpha value is -3.17. The second kappa shape index (κ2) is 8.88. The number of benzene rings is 2. The van der Waals surface area contributed by atoms with E-state index in [1.165, 1.54) is 16.2 Å². The van der Waals surface area contributed by atoms with Gasteiger partial charge in [-0.2, -0.15) is 0 Å². The predicted molar refractivity (Wildman–Crippen MR) is 134 cm³/mol. The highest BCUT2D eigenvalue weighted by Gasteiger charge is 2.45. The first-order valence-electron chi connectivity index (χ1n) is 10.8. The third-order valence-corrected chi connectivity index (χ3v) is 7.06. The van der Waals surface area contributed by atoms with Crippen LogP contribution in [0.1, 0.15) is 46.8 Å². The Morgan fingerprint density at radius 2 is 2.00 bits per heavy atom. The number of methoxy groups -OCH3 is 1. The second-order valence-electron chi connectivity index (χ2n) is 7.92. The van der Waals surface area contributed by atoms with Gasteiger partial charge < -0.3 is 13.9 Å². The molecule has 1 aliphatic rings. The van der Waals surface area contributed by atoms with E-state index in [-0.39, 0.29) is 16.8 Å².